The molecule has 0 spiro atoms. The van der Waals surface area contributed by atoms with Crippen molar-refractivity contribution in [2.45, 2.75) is 69.3 Å². The Hall–Kier alpha value is -1.65. The number of carbonyl (C=O) groups is 1. The highest BCUT2D eigenvalue weighted by atomic mass is 32.2. The maximum absolute atomic E-state index is 12.9. The molecule has 1 saturated heterocycles. The molecule has 1 aromatic rings. The molecule has 1 N–H and O–H groups in total. The molecule has 1 aromatic carbocycles. The monoisotopic (exact) mass is 422 g/mol. The summed E-state index contributed by atoms with van der Waals surface area (Å²) in [6, 6.07) is 5.36. The standard InChI is InChI=1S/C18H25F3N2O4S/c1-12-5-4-6-13(2)23(12)28(25,26)16-9-7-15(8-10-16)22-17(24)14(3)27-11-18(19,20)21/h7-10,12-14H,4-6,11H2,1-3H3,(H,22,24). The molecular weight excluding hydrogens is 397 g/mol. The number of benzene rings is 1. The van der Waals surface area contributed by atoms with Crippen molar-refractivity contribution in [3.8, 4) is 0 Å². The number of ether oxygens (including phenoxy) is 1. The predicted molar refractivity (Wildman–Crippen MR) is 98.3 cm³/mol. The van der Waals surface area contributed by atoms with Crippen molar-refractivity contribution in [1.82, 2.24) is 4.31 Å². The van der Waals surface area contributed by atoms with Crippen LogP contribution in [0.3, 0.4) is 0 Å². The minimum absolute atomic E-state index is 0.0974. The summed E-state index contributed by atoms with van der Waals surface area (Å²) in [5.74, 6) is -0.752. The lowest BCUT2D eigenvalue weighted by Crippen LogP contribution is -2.47. The van der Waals surface area contributed by atoms with Crippen molar-refractivity contribution in [3.63, 3.8) is 0 Å². The molecule has 1 aliphatic heterocycles. The number of rotatable bonds is 6. The molecule has 1 amide bonds. The van der Waals surface area contributed by atoms with Crippen molar-refractivity contribution in [2.24, 2.45) is 0 Å². The van der Waals surface area contributed by atoms with Gasteiger partial charge in [0.15, 0.2) is 0 Å². The van der Waals surface area contributed by atoms with Gasteiger partial charge in [0.1, 0.15) is 12.7 Å². The number of alkyl halides is 3. The number of nitrogens with one attached hydrogen (secondary N) is 1. The van der Waals surface area contributed by atoms with Crippen LogP contribution in [0.4, 0.5) is 18.9 Å². The predicted octanol–water partition coefficient (Wildman–Crippen LogP) is 3.54. The van der Waals surface area contributed by atoms with Gasteiger partial charge < -0.3 is 10.1 Å². The van der Waals surface area contributed by atoms with E-state index in [0.29, 0.717) is 0 Å². The fraction of sp³-hybridized carbons (Fsp3) is 0.611. The number of hydrogen-bond donors (Lipinski definition) is 1. The van der Waals surface area contributed by atoms with Gasteiger partial charge in [-0.05, 0) is 57.9 Å². The van der Waals surface area contributed by atoms with Gasteiger partial charge >= 0.3 is 6.18 Å². The third kappa shape index (κ3) is 5.68. The smallest absolute Gasteiger partial charge is 0.359 e. The van der Waals surface area contributed by atoms with E-state index in [-0.39, 0.29) is 22.7 Å². The molecule has 3 atom stereocenters. The first-order valence-corrected chi connectivity index (χ1v) is 10.5. The Labute approximate surface area is 163 Å². The third-order valence-electron chi connectivity index (χ3n) is 4.68. The highest BCUT2D eigenvalue weighted by molar-refractivity contribution is 7.89. The molecular formula is C18H25F3N2O4S. The molecule has 2 rings (SSSR count). The number of piperidine rings is 1. The van der Waals surface area contributed by atoms with Crippen molar-refractivity contribution >= 4 is 21.6 Å². The van der Waals surface area contributed by atoms with Crippen molar-refractivity contribution in [2.75, 3.05) is 11.9 Å². The van der Waals surface area contributed by atoms with Crippen molar-refractivity contribution < 1.29 is 31.1 Å². The quantitative estimate of drug-likeness (QED) is 0.761. The average Bonchev–Trinajstić information content (AvgIpc) is 2.59. The molecule has 1 heterocycles. The van der Waals surface area contributed by atoms with E-state index in [0.717, 1.165) is 19.3 Å². The summed E-state index contributed by atoms with van der Waals surface area (Å²) in [6.07, 6.45) is -3.25. The van der Waals surface area contributed by atoms with Gasteiger partial charge in [-0.15, -0.1) is 0 Å². The van der Waals surface area contributed by atoms with Gasteiger partial charge in [-0.2, -0.15) is 17.5 Å². The Morgan fingerprint density at radius 1 is 1.21 bits per heavy atom. The minimum Gasteiger partial charge on any atom is -0.359 e. The largest absolute Gasteiger partial charge is 0.411 e. The zero-order chi connectivity index (χ0) is 21.1. The molecule has 1 fully saturated rings. The van der Waals surface area contributed by atoms with Crippen LogP contribution in [0.2, 0.25) is 0 Å². The fourth-order valence-electron chi connectivity index (χ4n) is 3.24. The SMILES string of the molecule is CC(OCC(F)(F)F)C(=O)Nc1ccc(S(=O)(=O)N2C(C)CCCC2C)cc1. The summed E-state index contributed by atoms with van der Waals surface area (Å²) in [7, 11) is -3.68. The lowest BCUT2D eigenvalue weighted by atomic mass is 10.0. The summed E-state index contributed by atoms with van der Waals surface area (Å²) >= 11 is 0. The molecule has 6 nitrogen and oxygen atoms in total. The van der Waals surface area contributed by atoms with Gasteiger partial charge in [0, 0.05) is 17.8 Å². The third-order valence-corrected chi connectivity index (χ3v) is 6.82. The van der Waals surface area contributed by atoms with Crippen LogP contribution in [0, 0.1) is 0 Å². The lowest BCUT2D eigenvalue weighted by Gasteiger charge is -2.37. The molecule has 158 valence electrons. The van der Waals surface area contributed by atoms with Gasteiger partial charge in [-0.1, -0.05) is 6.42 Å². The maximum Gasteiger partial charge on any atom is 0.411 e. The van der Waals surface area contributed by atoms with Gasteiger partial charge in [-0.3, -0.25) is 4.79 Å². The second-order valence-electron chi connectivity index (χ2n) is 7.05. The fourth-order valence-corrected chi connectivity index (χ4v) is 5.12. The van der Waals surface area contributed by atoms with E-state index in [1.807, 2.05) is 13.8 Å². The number of amides is 1. The second kappa shape index (κ2) is 8.79. The van der Waals surface area contributed by atoms with Crippen LogP contribution in [0.25, 0.3) is 0 Å². The Bertz CT molecular complexity index is 771. The number of carbonyl (C=O) groups excluding carboxylic acids is 1. The first-order chi connectivity index (χ1) is 12.9. The minimum atomic E-state index is -4.52. The highest BCUT2D eigenvalue weighted by Gasteiger charge is 2.35. The van der Waals surface area contributed by atoms with Crippen LogP contribution < -0.4 is 5.32 Å². The summed E-state index contributed by atoms with van der Waals surface area (Å²) in [5, 5.41) is 2.41. The first-order valence-electron chi connectivity index (χ1n) is 9.04. The van der Waals surface area contributed by atoms with Gasteiger partial charge in [-0.25, -0.2) is 8.42 Å². The van der Waals surface area contributed by atoms with Gasteiger partial charge in [0.05, 0.1) is 4.90 Å². The normalized spacial score (nSPS) is 22.6. The number of nitrogens with zero attached hydrogens (tertiary/aromatic N) is 1. The first kappa shape index (κ1) is 22.6. The number of anilines is 1. The Morgan fingerprint density at radius 3 is 2.25 bits per heavy atom. The topological polar surface area (TPSA) is 75.7 Å². The Balaban J connectivity index is 2.05. The Kier molecular flexibility index (Phi) is 7.11. The molecule has 3 unspecified atom stereocenters. The summed E-state index contributed by atoms with van der Waals surface area (Å²) in [6.45, 7) is 3.44. The highest BCUT2D eigenvalue weighted by Crippen LogP contribution is 2.30. The lowest BCUT2D eigenvalue weighted by molar-refractivity contribution is -0.184. The Morgan fingerprint density at radius 2 is 1.75 bits per heavy atom. The van der Waals surface area contributed by atoms with Crippen LogP contribution in [0.15, 0.2) is 29.2 Å². The molecule has 0 radical (unpaired) electrons. The van der Waals surface area contributed by atoms with E-state index in [1.165, 1.54) is 35.5 Å². The second-order valence-corrected chi connectivity index (χ2v) is 8.89. The van der Waals surface area contributed by atoms with E-state index < -0.39 is 34.8 Å². The number of hydrogen-bond acceptors (Lipinski definition) is 4. The number of halogens is 3. The molecule has 10 heteroatoms. The number of sulfonamides is 1. The summed E-state index contributed by atoms with van der Waals surface area (Å²) < 4.78 is 68.3. The molecule has 0 aromatic heterocycles. The van der Waals surface area contributed by atoms with E-state index in [1.54, 1.807) is 0 Å². The van der Waals surface area contributed by atoms with Crippen LogP contribution in [0.5, 0.6) is 0 Å². The maximum atomic E-state index is 12.9. The van der Waals surface area contributed by atoms with E-state index in [4.69, 9.17) is 0 Å². The van der Waals surface area contributed by atoms with E-state index in [2.05, 4.69) is 10.1 Å². The van der Waals surface area contributed by atoms with Crippen molar-refractivity contribution in [3.05, 3.63) is 24.3 Å². The molecule has 0 bridgehead atoms. The zero-order valence-electron chi connectivity index (χ0n) is 16.0. The molecule has 28 heavy (non-hydrogen) atoms. The van der Waals surface area contributed by atoms with Crippen LogP contribution >= 0.6 is 0 Å². The van der Waals surface area contributed by atoms with Gasteiger partial charge in [0.2, 0.25) is 10.0 Å². The zero-order valence-corrected chi connectivity index (χ0v) is 16.8. The van der Waals surface area contributed by atoms with Gasteiger partial charge in [0.25, 0.3) is 5.91 Å². The summed E-state index contributed by atoms with van der Waals surface area (Å²) in [4.78, 5) is 12.0. The van der Waals surface area contributed by atoms with Crippen molar-refractivity contribution in [1.29, 1.82) is 0 Å². The van der Waals surface area contributed by atoms with Crippen LogP contribution in [0.1, 0.15) is 40.0 Å². The molecule has 0 saturated carbocycles. The summed E-state index contributed by atoms with van der Waals surface area (Å²) in [5.41, 5.74) is 0.270. The van der Waals surface area contributed by atoms with Crippen LogP contribution in [-0.4, -0.2) is 49.6 Å². The molecule has 1 aliphatic rings. The van der Waals surface area contributed by atoms with E-state index >= 15 is 0 Å². The van der Waals surface area contributed by atoms with Crippen LogP contribution in [-0.2, 0) is 19.6 Å². The molecule has 0 aliphatic carbocycles. The average molecular weight is 422 g/mol. The van der Waals surface area contributed by atoms with E-state index in [9.17, 15) is 26.4 Å².